The summed E-state index contributed by atoms with van der Waals surface area (Å²) >= 11 is 3.22. The number of amides is 1. The lowest BCUT2D eigenvalue weighted by molar-refractivity contribution is -0.139. The Hall–Kier alpha value is -1.34. The average molecular weight is 385 g/mol. The molecule has 2 N–H and O–H groups in total. The molecule has 126 valence electrons. The van der Waals surface area contributed by atoms with Gasteiger partial charge in [-0.3, -0.25) is 14.5 Å². The van der Waals surface area contributed by atoms with Crippen LogP contribution >= 0.6 is 15.9 Å². The van der Waals surface area contributed by atoms with Crippen molar-refractivity contribution < 1.29 is 19.1 Å². The Kier molecular flexibility index (Phi) is 4.77. The lowest BCUT2D eigenvalue weighted by atomic mass is 9.85. The van der Waals surface area contributed by atoms with Gasteiger partial charge in [0.15, 0.2) is 10.4 Å². The number of furan rings is 1. The van der Waals surface area contributed by atoms with Gasteiger partial charge in [0.1, 0.15) is 0 Å². The largest absolute Gasteiger partial charge is 0.480 e. The Labute approximate surface area is 143 Å². The third kappa shape index (κ3) is 4.14. The molecule has 2 aliphatic rings. The number of carbonyl (C=O) groups excluding carboxylic acids is 1. The van der Waals surface area contributed by atoms with E-state index in [1.54, 1.807) is 6.07 Å². The number of nitrogens with zero attached hydrogens (tertiary/aromatic N) is 1. The van der Waals surface area contributed by atoms with Crippen molar-refractivity contribution in [2.45, 2.75) is 44.7 Å². The van der Waals surface area contributed by atoms with Crippen LogP contribution in [0.1, 0.15) is 41.8 Å². The molecule has 2 aliphatic carbocycles. The maximum absolute atomic E-state index is 12.2. The molecule has 6 nitrogen and oxygen atoms in total. The fourth-order valence-corrected chi connectivity index (χ4v) is 3.58. The van der Waals surface area contributed by atoms with E-state index >= 15 is 0 Å². The molecule has 2 fully saturated rings. The maximum Gasteiger partial charge on any atom is 0.317 e. The van der Waals surface area contributed by atoms with Crippen molar-refractivity contribution in [3.8, 4) is 0 Å². The van der Waals surface area contributed by atoms with Crippen molar-refractivity contribution in [2.75, 3.05) is 13.1 Å². The average Bonchev–Trinajstić information content (AvgIpc) is 3.15. The van der Waals surface area contributed by atoms with Gasteiger partial charge in [0.25, 0.3) is 5.91 Å². The fraction of sp³-hybridized carbons (Fsp3) is 0.625. The quantitative estimate of drug-likeness (QED) is 0.753. The molecule has 0 spiro atoms. The number of nitrogens with one attached hydrogen (secondary N) is 1. The Balaban J connectivity index is 1.50. The van der Waals surface area contributed by atoms with Crippen molar-refractivity contribution in [2.24, 2.45) is 5.92 Å². The molecule has 3 rings (SSSR count). The van der Waals surface area contributed by atoms with E-state index in [4.69, 9.17) is 9.52 Å². The molecule has 1 heterocycles. The van der Waals surface area contributed by atoms with Gasteiger partial charge in [-0.25, -0.2) is 0 Å². The summed E-state index contributed by atoms with van der Waals surface area (Å²) in [5, 5.41) is 12.0. The molecule has 0 aliphatic heterocycles. The van der Waals surface area contributed by atoms with Crippen LogP contribution in [0.15, 0.2) is 15.2 Å². The van der Waals surface area contributed by atoms with Crippen molar-refractivity contribution in [3.05, 3.63) is 22.1 Å². The monoisotopic (exact) mass is 384 g/mol. The number of halogens is 1. The Morgan fingerprint density at radius 1 is 1.43 bits per heavy atom. The molecular formula is C16H21BrN2O4. The van der Waals surface area contributed by atoms with Gasteiger partial charge in [-0.15, -0.1) is 0 Å². The minimum Gasteiger partial charge on any atom is -0.480 e. The number of hydrogen-bond donors (Lipinski definition) is 2. The van der Waals surface area contributed by atoms with Gasteiger partial charge in [0, 0.05) is 24.2 Å². The summed E-state index contributed by atoms with van der Waals surface area (Å²) < 4.78 is 5.89. The molecule has 0 saturated heterocycles. The van der Waals surface area contributed by atoms with E-state index in [0.717, 1.165) is 24.9 Å². The van der Waals surface area contributed by atoms with Crippen LogP contribution in [-0.2, 0) is 4.79 Å². The smallest absolute Gasteiger partial charge is 0.317 e. The van der Waals surface area contributed by atoms with Crippen LogP contribution in [0.4, 0.5) is 0 Å². The second-order valence-electron chi connectivity index (χ2n) is 6.62. The minimum atomic E-state index is -0.783. The first-order valence-electron chi connectivity index (χ1n) is 7.95. The number of hydrogen-bond acceptors (Lipinski definition) is 4. The molecule has 0 unspecified atom stereocenters. The molecule has 1 aromatic rings. The van der Waals surface area contributed by atoms with Crippen LogP contribution in [0.5, 0.6) is 0 Å². The van der Waals surface area contributed by atoms with Gasteiger partial charge < -0.3 is 14.8 Å². The first-order chi connectivity index (χ1) is 10.9. The van der Waals surface area contributed by atoms with Crippen molar-refractivity contribution in [1.82, 2.24) is 10.2 Å². The summed E-state index contributed by atoms with van der Waals surface area (Å²) in [5.41, 5.74) is 0.798. The van der Waals surface area contributed by atoms with Gasteiger partial charge in [-0.1, -0.05) is 0 Å². The third-order valence-electron chi connectivity index (χ3n) is 4.59. The summed E-state index contributed by atoms with van der Waals surface area (Å²) in [7, 11) is 0. The minimum absolute atomic E-state index is 0.0891. The summed E-state index contributed by atoms with van der Waals surface area (Å²) in [6.07, 6.45) is 4.00. The lowest BCUT2D eigenvalue weighted by Gasteiger charge is -2.42. The Morgan fingerprint density at radius 2 is 2.13 bits per heavy atom. The molecule has 0 aromatic carbocycles. The number of carbonyl (C=O) groups is 2. The summed E-state index contributed by atoms with van der Waals surface area (Å²) in [5.74, 6) is 0.00429. The highest BCUT2D eigenvalue weighted by molar-refractivity contribution is 9.10. The van der Waals surface area contributed by atoms with Gasteiger partial charge in [-0.05, 0) is 60.5 Å². The second kappa shape index (κ2) is 6.65. The van der Waals surface area contributed by atoms with Crippen molar-refractivity contribution in [1.29, 1.82) is 0 Å². The zero-order chi connectivity index (χ0) is 16.6. The second-order valence-corrected chi connectivity index (χ2v) is 7.41. The Bertz CT molecular complexity index is 605. The summed E-state index contributed by atoms with van der Waals surface area (Å²) in [6.45, 7) is 2.78. The molecule has 0 bridgehead atoms. The van der Waals surface area contributed by atoms with Crippen LogP contribution in [0.2, 0.25) is 0 Å². The number of carboxylic acids is 1. The van der Waals surface area contributed by atoms with Gasteiger partial charge in [-0.2, -0.15) is 0 Å². The first kappa shape index (κ1) is 16.5. The van der Waals surface area contributed by atoms with Gasteiger partial charge in [0.05, 0.1) is 6.54 Å². The van der Waals surface area contributed by atoms with E-state index in [2.05, 4.69) is 26.1 Å². The number of rotatable bonds is 7. The first-order valence-corrected chi connectivity index (χ1v) is 8.74. The van der Waals surface area contributed by atoms with Crippen LogP contribution in [0, 0.1) is 12.8 Å². The summed E-state index contributed by atoms with van der Waals surface area (Å²) in [6, 6.07) is 2.11. The molecule has 23 heavy (non-hydrogen) atoms. The SMILES string of the molecule is Cc1cc(Br)oc1C(=O)NC1CC(N(CC(=O)O)CC2CC2)C1. The fourth-order valence-electron chi connectivity index (χ4n) is 3.07. The van der Waals surface area contributed by atoms with E-state index in [0.29, 0.717) is 16.3 Å². The lowest BCUT2D eigenvalue weighted by Crippen LogP contribution is -2.55. The normalized spacial score (nSPS) is 23.6. The molecule has 1 aromatic heterocycles. The third-order valence-corrected chi connectivity index (χ3v) is 4.98. The van der Waals surface area contributed by atoms with E-state index in [9.17, 15) is 9.59 Å². The van der Waals surface area contributed by atoms with E-state index in [-0.39, 0.29) is 24.5 Å². The molecule has 0 radical (unpaired) electrons. The van der Waals surface area contributed by atoms with Gasteiger partial charge >= 0.3 is 5.97 Å². The molecule has 0 atom stereocenters. The molecule has 7 heteroatoms. The predicted molar refractivity (Wildman–Crippen MR) is 87.4 cm³/mol. The maximum atomic E-state index is 12.2. The highest BCUT2D eigenvalue weighted by Gasteiger charge is 2.38. The van der Waals surface area contributed by atoms with E-state index in [1.807, 2.05) is 6.92 Å². The highest BCUT2D eigenvalue weighted by atomic mass is 79.9. The van der Waals surface area contributed by atoms with Crippen LogP contribution < -0.4 is 5.32 Å². The van der Waals surface area contributed by atoms with Crippen molar-refractivity contribution in [3.63, 3.8) is 0 Å². The number of carboxylic acid groups (broad SMARTS) is 1. The molecular weight excluding hydrogens is 364 g/mol. The summed E-state index contributed by atoms with van der Waals surface area (Å²) in [4.78, 5) is 25.3. The number of aryl methyl sites for hydroxylation is 1. The topological polar surface area (TPSA) is 82.8 Å². The predicted octanol–water partition coefficient (Wildman–Crippen LogP) is 2.41. The van der Waals surface area contributed by atoms with Crippen molar-refractivity contribution >= 4 is 27.8 Å². The van der Waals surface area contributed by atoms with Crippen LogP contribution in [-0.4, -0.2) is 47.1 Å². The zero-order valence-corrected chi connectivity index (χ0v) is 14.6. The number of aliphatic carboxylic acids is 1. The van der Waals surface area contributed by atoms with Gasteiger partial charge in [0.2, 0.25) is 0 Å². The van der Waals surface area contributed by atoms with E-state index in [1.165, 1.54) is 12.8 Å². The standard InChI is InChI=1S/C16H21BrN2O4/c1-9-4-13(17)23-15(9)16(22)18-11-5-12(6-11)19(8-14(20)21)7-10-2-3-10/h4,10-12H,2-3,5-8H2,1H3,(H,18,22)(H,20,21). The van der Waals surface area contributed by atoms with E-state index < -0.39 is 5.97 Å². The molecule has 1 amide bonds. The highest BCUT2D eigenvalue weighted by Crippen LogP contribution is 2.34. The zero-order valence-electron chi connectivity index (χ0n) is 13.0. The molecule has 2 saturated carbocycles. The Morgan fingerprint density at radius 3 is 2.65 bits per heavy atom. The van der Waals surface area contributed by atoms with Crippen LogP contribution in [0.3, 0.4) is 0 Å². The van der Waals surface area contributed by atoms with Crippen LogP contribution in [0.25, 0.3) is 0 Å².